The lowest BCUT2D eigenvalue weighted by Gasteiger charge is -2.13. The number of nitrogens with one attached hydrogen (secondary N) is 2. The van der Waals surface area contributed by atoms with Crippen molar-refractivity contribution < 1.29 is 19.1 Å². The first kappa shape index (κ1) is 16.1. The molecule has 0 bridgehead atoms. The van der Waals surface area contributed by atoms with E-state index in [1.54, 1.807) is 0 Å². The molecule has 1 aromatic carbocycles. The van der Waals surface area contributed by atoms with E-state index < -0.39 is 23.7 Å². The summed E-state index contributed by atoms with van der Waals surface area (Å²) in [7, 11) is 0. The summed E-state index contributed by atoms with van der Waals surface area (Å²) in [4.78, 5) is 23.0. The molecule has 0 aliphatic rings. The number of carbonyl (C=O) groups excluding carboxylic acids is 2. The van der Waals surface area contributed by atoms with Crippen LogP contribution in [0.25, 0.3) is 0 Å². The molecule has 5 nitrogen and oxygen atoms in total. The highest BCUT2D eigenvalue weighted by atomic mass is 19.1. The number of aliphatic hydroxyl groups is 1. The van der Waals surface area contributed by atoms with Gasteiger partial charge in [-0.1, -0.05) is 19.9 Å². The molecule has 6 heteroatoms. The van der Waals surface area contributed by atoms with Gasteiger partial charge < -0.3 is 15.7 Å². The summed E-state index contributed by atoms with van der Waals surface area (Å²) >= 11 is 0. The van der Waals surface area contributed by atoms with Gasteiger partial charge >= 0.3 is 11.8 Å². The maximum absolute atomic E-state index is 12.9. The predicted octanol–water partition coefficient (Wildman–Crippen LogP) is 1.29. The minimum absolute atomic E-state index is 0.00752. The zero-order valence-electron chi connectivity index (χ0n) is 11.5. The van der Waals surface area contributed by atoms with Crippen LogP contribution in [0.1, 0.15) is 20.3 Å². The molecule has 0 heterocycles. The first-order chi connectivity index (χ1) is 9.38. The van der Waals surface area contributed by atoms with E-state index in [-0.39, 0.29) is 12.2 Å². The van der Waals surface area contributed by atoms with Gasteiger partial charge in [0.25, 0.3) is 0 Å². The minimum atomic E-state index is -0.896. The Morgan fingerprint density at radius 1 is 1.30 bits per heavy atom. The molecule has 0 radical (unpaired) electrons. The van der Waals surface area contributed by atoms with Gasteiger partial charge in [-0.3, -0.25) is 9.59 Å². The molecule has 1 atom stereocenters. The Labute approximate surface area is 117 Å². The number of carbonyl (C=O) groups is 2. The van der Waals surface area contributed by atoms with Gasteiger partial charge in [0.15, 0.2) is 0 Å². The fraction of sp³-hybridized carbons (Fsp3) is 0.429. The van der Waals surface area contributed by atoms with Gasteiger partial charge in [0, 0.05) is 12.2 Å². The topological polar surface area (TPSA) is 78.4 Å². The van der Waals surface area contributed by atoms with Crippen molar-refractivity contribution in [3.8, 4) is 0 Å². The largest absolute Gasteiger partial charge is 0.391 e. The maximum atomic E-state index is 12.9. The highest BCUT2D eigenvalue weighted by Gasteiger charge is 2.15. The Hall–Kier alpha value is -1.95. The maximum Gasteiger partial charge on any atom is 0.313 e. The normalized spacial score (nSPS) is 12.1. The molecule has 3 N–H and O–H groups in total. The fourth-order valence-corrected chi connectivity index (χ4v) is 1.67. The standard InChI is InChI=1S/C14H19FN2O3/c1-9(2)6-12(18)8-16-13(19)14(20)17-11-5-3-4-10(15)7-11/h3-5,7,9,12,18H,6,8H2,1-2H3,(H,16,19)(H,17,20). The van der Waals surface area contributed by atoms with Gasteiger partial charge in [-0.15, -0.1) is 0 Å². The fourth-order valence-electron chi connectivity index (χ4n) is 1.67. The van der Waals surface area contributed by atoms with E-state index in [0.29, 0.717) is 12.3 Å². The monoisotopic (exact) mass is 282 g/mol. The lowest BCUT2D eigenvalue weighted by atomic mass is 10.1. The summed E-state index contributed by atoms with van der Waals surface area (Å²) in [5.74, 6) is -1.97. The molecule has 0 spiro atoms. The highest BCUT2D eigenvalue weighted by molar-refractivity contribution is 6.39. The first-order valence-corrected chi connectivity index (χ1v) is 6.41. The number of aliphatic hydroxyl groups excluding tert-OH is 1. The number of hydrogen-bond donors (Lipinski definition) is 3. The first-order valence-electron chi connectivity index (χ1n) is 6.41. The van der Waals surface area contributed by atoms with Crippen molar-refractivity contribution in [3.63, 3.8) is 0 Å². The van der Waals surface area contributed by atoms with Crippen molar-refractivity contribution >= 4 is 17.5 Å². The second kappa shape index (κ2) is 7.59. The molecule has 1 unspecified atom stereocenters. The molecular weight excluding hydrogens is 263 g/mol. The molecule has 0 aliphatic carbocycles. The third-order valence-corrected chi connectivity index (χ3v) is 2.53. The molecule has 0 fully saturated rings. The summed E-state index contributed by atoms with van der Waals surface area (Å²) in [6.45, 7) is 3.90. The molecule has 1 rings (SSSR count). The Morgan fingerprint density at radius 3 is 2.60 bits per heavy atom. The zero-order valence-corrected chi connectivity index (χ0v) is 11.5. The van der Waals surface area contributed by atoms with E-state index in [4.69, 9.17) is 0 Å². The van der Waals surface area contributed by atoms with E-state index in [9.17, 15) is 19.1 Å². The van der Waals surface area contributed by atoms with E-state index >= 15 is 0 Å². The van der Waals surface area contributed by atoms with Crippen LogP contribution < -0.4 is 10.6 Å². The van der Waals surface area contributed by atoms with Gasteiger partial charge in [0.2, 0.25) is 0 Å². The number of rotatable bonds is 5. The van der Waals surface area contributed by atoms with Crippen LogP contribution in [0.2, 0.25) is 0 Å². The number of halogens is 1. The van der Waals surface area contributed by atoms with E-state index in [1.807, 2.05) is 13.8 Å². The van der Waals surface area contributed by atoms with Crippen LogP contribution in [0.15, 0.2) is 24.3 Å². The molecule has 0 aliphatic heterocycles. The van der Waals surface area contributed by atoms with Crippen LogP contribution in [0.5, 0.6) is 0 Å². The minimum Gasteiger partial charge on any atom is -0.391 e. The van der Waals surface area contributed by atoms with E-state index in [0.717, 1.165) is 6.07 Å². The van der Waals surface area contributed by atoms with Crippen molar-refractivity contribution in [2.45, 2.75) is 26.4 Å². The lowest BCUT2D eigenvalue weighted by molar-refractivity contribution is -0.136. The Balaban J connectivity index is 2.42. The second-order valence-electron chi connectivity index (χ2n) is 4.96. The molecule has 2 amide bonds. The lowest BCUT2D eigenvalue weighted by Crippen LogP contribution is -2.39. The predicted molar refractivity (Wildman–Crippen MR) is 73.5 cm³/mol. The van der Waals surface area contributed by atoms with Crippen molar-refractivity contribution in [1.82, 2.24) is 5.32 Å². The number of hydrogen-bond acceptors (Lipinski definition) is 3. The van der Waals surface area contributed by atoms with Crippen molar-refractivity contribution in [1.29, 1.82) is 0 Å². The smallest absolute Gasteiger partial charge is 0.313 e. The SMILES string of the molecule is CC(C)CC(O)CNC(=O)C(=O)Nc1cccc(F)c1. The Morgan fingerprint density at radius 2 is 2.00 bits per heavy atom. The van der Waals surface area contributed by atoms with Crippen LogP contribution in [0.3, 0.4) is 0 Å². The quantitative estimate of drug-likeness (QED) is 0.712. The molecule has 110 valence electrons. The summed E-state index contributed by atoms with van der Waals surface area (Å²) in [6, 6.07) is 5.24. The average molecular weight is 282 g/mol. The molecule has 1 aromatic rings. The second-order valence-corrected chi connectivity index (χ2v) is 4.96. The third kappa shape index (κ3) is 5.79. The summed E-state index contributed by atoms with van der Waals surface area (Å²) < 4.78 is 12.9. The number of benzene rings is 1. The van der Waals surface area contributed by atoms with Crippen LogP contribution in [-0.2, 0) is 9.59 Å². The van der Waals surface area contributed by atoms with E-state index in [2.05, 4.69) is 10.6 Å². The van der Waals surface area contributed by atoms with Crippen LogP contribution >= 0.6 is 0 Å². The van der Waals surface area contributed by atoms with Gasteiger partial charge in [0.1, 0.15) is 5.82 Å². The van der Waals surface area contributed by atoms with Gasteiger partial charge in [-0.05, 0) is 30.5 Å². The number of anilines is 1. The van der Waals surface area contributed by atoms with Crippen molar-refractivity contribution in [2.24, 2.45) is 5.92 Å². The molecule has 0 saturated heterocycles. The van der Waals surface area contributed by atoms with Gasteiger partial charge in [-0.25, -0.2) is 4.39 Å². The Bertz CT molecular complexity index is 477. The average Bonchev–Trinajstić information content (AvgIpc) is 2.35. The van der Waals surface area contributed by atoms with Gasteiger partial charge in [-0.2, -0.15) is 0 Å². The van der Waals surface area contributed by atoms with Crippen LogP contribution in [-0.4, -0.2) is 29.6 Å². The summed E-state index contributed by atoms with van der Waals surface area (Å²) in [5, 5.41) is 14.2. The number of amides is 2. The van der Waals surface area contributed by atoms with Crippen LogP contribution in [0, 0.1) is 11.7 Å². The highest BCUT2D eigenvalue weighted by Crippen LogP contribution is 2.08. The molecular formula is C14H19FN2O3. The van der Waals surface area contributed by atoms with Crippen molar-refractivity contribution in [2.75, 3.05) is 11.9 Å². The van der Waals surface area contributed by atoms with Crippen LogP contribution in [0.4, 0.5) is 10.1 Å². The molecule has 0 saturated carbocycles. The van der Waals surface area contributed by atoms with E-state index in [1.165, 1.54) is 18.2 Å². The molecule has 20 heavy (non-hydrogen) atoms. The summed E-state index contributed by atoms with van der Waals surface area (Å²) in [5.41, 5.74) is 0.202. The Kier molecular flexibility index (Phi) is 6.11. The van der Waals surface area contributed by atoms with Gasteiger partial charge in [0.05, 0.1) is 6.10 Å². The summed E-state index contributed by atoms with van der Waals surface area (Å²) in [6.07, 6.45) is -0.160. The zero-order chi connectivity index (χ0) is 15.1. The van der Waals surface area contributed by atoms with Crippen molar-refractivity contribution in [3.05, 3.63) is 30.1 Å². The third-order valence-electron chi connectivity index (χ3n) is 2.53. The molecule has 0 aromatic heterocycles.